The second-order valence-electron chi connectivity index (χ2n) is 3.67. The zero-order chi connectivity index (χ0) is 7.56. The number of ketones is 1. The third kappa shape index (κ3) is 2.51. The van der Waals surface area contributed by atoms with E-state index < -0.39 is 0 Å². The third-order valence-corrected chi connectivity index (χ3v) is 2.00. The molecule has 0 aliphatic heterocycles. The molecule has 0 bridgehead atoms. The number of rotatable bonds is 4. The molecule has 0 aromatic carbocycles. The van der Waals surface area contributed by atoms with Crippen molar-refractivity contribution in [2.75, 3.05) is 0 Å². The summed E-state index contributed by atoms with van der Waals surface area (Å²) >= 11 is 0. The van der Waals surface area contributed by atoms with Gasteiger partial charge in [-0.15, -0.1) is 0 Å². The van der Waals surface area contributed by atoms with Crippen LogP contribution in [0.25, 0.3) is 0 Å². The van der Waals surface area contributed by atoms with Gasteiger partial charge in [0.1, 0.15) is 5.78 Å². The van der Waals surface area contributed by atoms with Gasteiger partial charge in [0, 0.05) is 12.3 Å². The standard InChI is InChI=1S/C9H16O/c1-7(2)3-6-9(10)8-4-5-8/h7-8H,3-6H2,1-2H3. The molecule has 0 aromatic heterocycles. The molecule has 0 saturated heterocycles. The summed E-state index contributed by atoms with van der Waals surface area (Å²) < 4.78 is 0. The second kappa shape index (κ2) is 3.18. The fraction of sp³-hybridized carbons (Fsp3) is 0.889. The van der Waals surface area contributed by atoms with Crippen molar-refractivity contribution in [1.29, 1.82) is 0 Å². The highest BCUT2D eigenvalue weighted by atomic mass is 16.1. The highest BCUT2D eigenvalue weighted by molar-refractivity contribution is 5.83. The predicted molar refractivity (Wildman–Crippen MR) is 41.8 cm³/mol. The van der Waals surface area contributed by atoms with Crippen LogP contribution in [-0.2, 0) is 4.79 Å². The minimum atomic E-state index is 0.471. The van der Waals surface area contributed by atoms with E-state index in [1.54, 1.807) is 0 Å². The van der Waals surface area contributed by atoms with Crippen LogP contribution in [0.4, 0.5) is 0 Å². The Morgan fingerprint density at radius 1 is 1.50 bits per heavy atom. The quantitative estimate of drug-likeness (QED) is 0.586. The Bertz CT molecular complexity index is 123. The maximum atomic E-state index is 11.1. The Morgan fingerprint density at radius 3 is 2.50 bits per heavy atom. The lowest BCUT2D eigenvalue weighted by atomic mass is 10.0. The van der Waals surface area contributed by atoms with Crippen LogP contribution in [0.5, 0.6) is 0 Å². The van der Waals surface area contributed by atoms with E-state index in [9.17, 15) is 4.79 Å². The lowest BCUT2D eigenvalue weighted by Gasteiger charge is -2.01. The monoisotopic (exact) mass is 140 g/mol. The fourth-order valence-corrected chi connectivity index (χ4v) is 1.04. The summed E-state index contributed by atoms with van der Waals surface area (Å²) in [6, 6.07) is 0. The molecular formula is C9H16O. The van der Waals surface area contributed by atoms with Crippen LogP contribution in [0, 0.1) is 11.8 Å². The largest absolute Gasteiger partial charge is 0.299 e. The minimum absolute atomic E-state index is 0.471. The molecule has 1 fully saturated rings. The van der Waals surface area contributed by atoms with E-state index in [2.05, 4.69) is 13.8 Å². The molecule has 1 rings (SSSR count). The van der Waals surface area contributed by atoms with Crippen molar-refractivity contribution in [3.8, 4) is 0 Å². The zero-order valence-electron chi connectivity index (χ0n) is 6.89. The van der Waals surface area contributed by atoms with E-state index in [1.807, 2.05) is 0 Å². The topological polar surface area (TPSA) is 17.1 Å². The van der Waals surface area contributed by atoms with Gasteiger partial charge in [0.15, 0.2) is 0 Å². The van der Waals surface area contributed by atoms with Crippen molar-refractivity contribution >= 4 is 5.78 Å². The van der Waals surface area contributed by atoms with Crippen molar-refractivity contribution < 1.29 is 4.79 Å². The fourth-order valence-electron chi connectivity index (χ4n) is 1.04. The molecular weight excluding hydrogens is 124 g/mol. The van der Waals surface area contributed by atoms with Gasteiger partial charge in [0.25, 0.3) is 0 Å². The van der Waals surface area contributed by atoms with Crippen LogP contribution in [0.1, 0.15) is 39.5 Å². The SMILES string of the molecule is CC(C)CCC(=O)C1CC1. The maximum Gasteiger partial charge on any atom is 0.135 e. The molecule has 0 aromatic rings. The molecule has 1 heteroatoms. The first-order valence-corrected chi connectivity index (χ1v) is 4.23. The summed E-state index contributed by atoms with van der Waals surface area (Å²) in [6.45, 7) is 4.33. The van der Waals surface area contributed by atoms with E-state index in [-0.39, 0.29) is 0 Å². The van der Waals surface area contributed by atoms with Crippen molar-refractivity contribution in [1.82, 2.24) is 0 Å². The molecule has 1 aliphatic carbocycles. The molecule has 10 heavy (non-hydrogen) atoms. The highest BCUT2D eigenvalue weighted by Gasteiger charge is 2.28. The Kier molecular flexibility index (Phi) is 2.47. The molecule has 0 atom stereocenters. The maximum absolute atomic E-state index is 11.1. The van der Waals surface area contributed by atoms with E-state index >= 15 is 0 Å². The van der Waals surface area contributed by atoms with Gasteiger partial charge in [-0.2, -0.15) is 0 Å². The smallest absolute Gasteiger partial charge is 0.135 e. The number of carbonyl (C=O) groups is 1. The molecule has 1 saturated carbocycles. The van der Waals surface area contributed by atoms with E-state index in [1.165, 1.54) is 0 Å². The molecule has 0 heterocycles. The molecule has 0 N–H and O–H groups in total. The van der Waals surface area contributed by atoms with Crippen LogP contribution in [-0.4, -0.2) is 5.78 Å². The van der Waals surface area contributed by atoms with Crippen LogP contribution < -0.4 is 0 Å². The molecule has 0 amide bonds. The first-order valence-electron chi connectivity index (χ1n) is 4.23. The van der Waals surface area contributed by atoms with E-state index in [4.69, 9.17) is 0 Å². The third-order valence-electron chi connectivity index (χ3n) is 2.00. The van der Waals surface area contributed by atoms with E-state index in [0.717, 1.165) is 25.7 Å². The summed E-state index contributed by atoms with van der Waals surface area (Å²) in [5.41, 5.74) is 0. The van der Waals surface area contributed by atoms with Gasteiger partial charge >= 0.3 is 0 Å². The van der Waals surface area contributed by atoms with Gasteiger partial charge in [-0.05, 0) is 25.2 Å². The van der Waals surface area contributed by atoms with Crippen LogP contribution in [0.2, 0.25) is 0 Å². The number of Topliss-reactive ketones (excluding diaryl/α,β-unsaturated/α-hetero) is 1. The highest BCUT2D eigenvalue weighted by Crippen LogP contribution is 2.31. The van der Waals surface area contributed by atoms with Gasteiger partial charge < -0.3 is 0 Å². The predicted octanol–water partition coefficient (Wildman–Crippen LogP) is 2.40. The zero-order valence-corrected chi connectivity index (χ0v) is 6.89. The summed E-state index contributed by atoms with van der Waals surface area (Å²) in [4.78, 5) is 11.1. The Balaban J connectivity index is 2.06. The number of hydrogen-bond donors (Lipinski definition) is 0. The van der Waals surface area contributed by atoms with Gasteiger partial charge in [-0.25, -0.2) is 0 Å². The van der Waals surface area contributed by atoms with Crippen LogP contribution >= 0.6 is 0 Å². The average Bonchev–Trinajstić information content (AvgIpc) is 2.63. The number of carbonyl (C=O) groups excluding carboxylic acids is 1. The van der Waals surface area contributed by atoms with Crippen molar-refractivity contribution in [3.63, 3.8) is 0 Å². The summed E-state index contributed by atoms with van der Waals surface area (Å²) in [5, 5.41) is 0. The number of hydrogen-bond acceptors (Lipinski definition) is 1. The average molecular weight is 140 g/mol. The normalized spacial score (nSPS) is 17.9. The second-order valence-corrected chi connectivity index (χ2v) is 3.67. The van der Waals surface area contributed by atoms with Gasteiger partial charge in [0.2, 0.25) is 0 Å². The van der Waals surface area contributed by atoms with Gasteiger partial charge in [-0.3, -0.25) is 4.79 Å². The molecule has 0 spiro atoms. The van der Waals surface area contributed by atoms with Crippen molar-refractivity contribution in [2.24, 2.45) is 11.8 Å². The first kappa shape index (κ1) is 7.77. The lowest BCUT2D eigenvalue weighted by Crippen LogP contribution is -2.01. The van der Waals surface area contributed by atoms with Crippen LogP contribution in [0.15, 0.2) is 0 Å². The van der Waals surface area contributed by atoms with Crippen LogP contribution in [0.3, 0.4) is 0 Å². The summed E-state index contributed by atoms with van der Waals surface area (Å²) in [6.07, 6.45) is 4.23. The Hall–Kier alpha value is -0.330. The molecule has 0 unspecified atom stereocenters. The molecule has 58 valence electrons. The Morgan fingerprint density at radius 2 is 2.10 bits per heavy atom. The molecule has 1 aliphatic rings. The Labute approximate surface area is 62.8 Å². The first-order chi connectivity index (χ1) is 4.70. The molecule has 1 nitrogen and oxygen atoms in total. The molecule has 0 radical (unpaired) electrons. The van der Waals surface area contributed by atoms with Crippen molar-refractivity contribution in [3.05, 3.63) is 0 Å². The summed E-state index contributed by atoms with van der Waals surface area (Å²) in [5.74, 6) is 1.66. The minimum Gasteiger partial charge on any atom is -0.299 e. The van der Waals surface area contributed by atoms with Gasteiger partial charge in [-0.1, -0.05) is 13.8 Å². The summed E-state index contributed by atoms with van der Waals surface area (Å²) in [7, 11) is 0. The van der Waals surface area contributed by atoms with Gasteiger partial charge in [0.05, 0.1) is 0 Å². The van der Waals surface area contributed by atoms with Crippen molar-refractivity contribution in [2.45, 2.75) is 39.5 Å². The van der Waals surface area contributed by atoms with E-state index in [0.29, 0.717) is 17.6 Å². The lowest BCUT2D eigenvalue weighted by molar-refractivity contribution is -0.120.